The zero-order valence-corrected chi connectivity index (χ0v) is 12.7. The van der Waals surface area contributed by atoms with Crippen LogP contribution in [0.1, 0.15) is 26.5 Å². The van der Waals surface area contributed by atoms with E-state index in [-0.39, 0.29) is 11.3 Å². The van der Waals surface area contributed by atoms with Crippen LogP contribution in [0.3, 0.4) is 0 Å². The molecule has 3 N–H and O–H groups in total. The summed E-state index contributed by atoms with van der Waals surface area (Å²) in [5.74, 6) is 0. The molecule has 0 aliphatic rings. The third-order valence-electron chi connectivity index (χ3n) is 1.73. The van der Waals surface area contributed by atoms with Crippen molar-refractivity contribution in [2.75, 3.05) is 5.32 Å². The first-order valence-electron chi connectivity index (χ1n) is 5.31. The lowest BCUT2D eigenvalue weighted by atomic mass is 10.2. The summed E-state index contributed by atoms with van der Waals surface area (Å²) in [5.41, 5.74) is -2.49. The predicted molar refractivity (Wildman–Crippen MR) is 68.3 cm³/mol. The Morgan fingerprint density at radius 2 is 1.86 bits per heavy atom. The number of sulfonamides is 1. The molecule has 1 rings (SSSR count). The first-order chi connectivity index (χ1) is 9.20. The van der Waals surface area contributed by atoms with Crippen LogP contribution in [-0.4, -0.2) is 25.1 Å². The molecule has 0 aliphatic heterocycles. The highest BCUT2D eigenvalue weighted by molar-refractivity contribution is 7.91. The number of anilines is 1. The second-order valence-corrected chi connectivity index (χ2v) is 7.56. The molecule has 0 radical (unpaired) electrons. The van der Waals surface area contributed by atoms with Gasteiger partial charge in [0.1, 0.15) is 10.6 Å². The van der Waals surface area contributed by atoms with Gasteiger partial charge in [-0.1, -0.05) is 11.3 Å². The molecule has 21 heavy (non-hydrogen) atoms. The normalized spacial score (nSPS) is 13.1. The molecular weight excluding hydrogens is 335 g/mol. The minimum Gasteiger partial charge on any atom is -0.444 e. The van der Waals surface area contributed by atoms with Crippen LogP contribution >= 0.6 is 11.3 Å². The van der Waals surface area contributed by atoms with Gasteiger partial charge in [0, 0.05) is 0 Å². The number of rotatable bonds is 2. The van der Waals surface area contributed by atoms with E-state index in [0.717, 1.165) is 0 Å². The maximum Gasteiger partial charge on any atom is 0.436 e. The molecule has 0 atom stereocenters. The summed E-state index contributed by atoms with van der Waals surface area (Å²) in [5, 5.41) is 5.74. The molecule has 7 nitrogen and oxygen atoms in total. The Hall–Kier alpha value is -1.40. The van der Waals surface area contributed by atoms with Gasteiger partial charge in [0.05, 0.1) is 0 Å². The summed E-state index contributed by atoms with van der Waals surface area (Å²) in [4.78, 5) is 14.4. The van der Waals surface area contributed by atoms with Crippen molar-refractivity contribution in [1.29, 1.82) is 0 Å². The van der Waals surface area contributed by atoms with Crippen molar-refractivity contribution in [3.05, 3.63) is 5.69 Å². The number of hydrogen-bond acceptors (Lipinski definition) is 6. The largest absolute Gasteiger partial charge is 0.444 e. The fourth-order valence-corrected chi connectivity index (χ4v) is 2.73. The van der Waals surface area contributed by atoms with Crippen LogP contribution in [0.2, 0.25) is 0 Å². The highest BCUT2D eigenvalue weighted by Gasteiger charge is 2.40. The first kappa shape index (κ1) is 17.7. The molecule has 0 aliphatic carbocycles. The van der Waals surface area contributed by atoms with Crippen molar-refractivity contribution < 1.29 is 31.1 Å². The van der Waals surface area contributed by atoms with Gasteiger partial charge in [0.25, 0.3) is 10.0 Å². The molecule has 0 spiro atoms. The van der Waals surface area contributed by atoms with Crippen molar-refractivity contribution in [3.8, 4) is 0 Å². The van der Waals surface area contributed by atoms with Gasteiger partial charge in [-0.15, -0.1) is 0 Å². The van der Waals surface area contributed by atoms with Crippen LogP contribution in [0.15, 0.2) is 4.34 Å². The summed E-state index contributed by atoms with van der Waals surface area (Å²) in [6, 6.07) is 0. The third-order valence-corrected chi connectivity index (χ3v) is 4.02. The number of hydrogen-bond donors (Lipinski definition) is 2. The molecular formula is C9H12F3N3O4S2. The lowest BCUT2D eigenvalue weighted by molar-refractivity contribution is -0.140. The zero-order valence-electron chi connectivity index (χ0n) is 11.1. The molecule has 0 unspecified atom stereocenters. The summed E-state index contributed by atoms with van der Waals surface area (Å²) >= 11 is 0.0916. The van der Waals surface area contributed by atoms with Gasteiger partial charge in [-0.3, -0.25) is 5.32 Å². The van der Waals surface area contributed by atoms with E-state index >= 15 is 0 Å². The van der Waals surface area contributed by atoms with Crippen LogP contribution < -0.4 is 10.5 Å². The fraction of sp³-hybridized carbons (Fsp3) is 0.556. The Bertz CT molecular complexity index is 646. The Kier molecular flexibility index (Phi) is 4.56. The molecule has 120 valence electrons. The number of aromatic nitrogens is 1. The van der Waals surface area contributed by atoms with Crippen LogP contribution in [0.25, 0.3) is 0 Å². The summed E-state index contributed by atoms with van der Waals surface area (Å²) in [6.45, 7) is 4.54. The van der Waals surface area contributed by atoms with E-state index in [1.807, 2.05) is 5.32 Å². The Balaban J connectivity index is 3.17. The topological polar surface area (TPSA) is 111 Å². The van der Waals surface area contributed by atoms with E-state index in [4.69, 9.17) is 9.88 Å². The monoisotopic (exact) mass is 347 g/mol. The Morgan fingerprint density at radius 3 is 2.24 bits per heavy atom. The number of halogens is 3. The number of amides is 1. The summed E-state index contributed by atoms with van der Waals surface area (Å²) in [6.07, 6.45) is -6.12. The molecule has 0 fully saturated rings. The van der Waals surface area contributed by atoms with E-state index in [1.54, 1.807) is 0 Å². The zero-order chi connectivity index (χ0) is 16.6. The van der Waals surface area contributed by atoms with E-state index in [0.29, 0.717) is 0 Å². The SMILES string of the molecule is CC(C)(C)OC(=O)Nc1sc(S(N)(=O)=O)nc1C(F)(F)F. The number of primary sulfonamides is 1. The minimum absolute atomic E-state index is 0.0916. The maximum atomic E-state index is 12.8. The second kappa shape index (κ2) is 5.42. The van der Waals surface area contributed by atoms with Crippen LogP contribution in [-0.2, 0) is 20.9 Å². The predicted octanol–water partition coefficient (Wildman–Crippen LogP) is 2.16. The molecule has 12 heteroatoms. The number of nitrogens with one attached hydrogen (secondary N) is 1. The van der Waals surface area contributed by atoms with Crippen molar-refractivity contribution in [1.82, 2.24) is 4.98 Å². The van der Waals surface area contributed by atoms with Gasteiger partial charge >= 0.3 is 12.3 Å². The average Bonchev–Trinajstić information content (AvgIpc) is 2.56. The highest BCUT2D eigenvalue weighted by atomic mass is 32.2. The lowest BCUT2D eigenvalue weighted by Gasteiger charge is -2.19. The highest BCUT2D eigenvalue weighted by Crippen LogP contribution is 2.39. The molecule has 0 aromatic carbocycles. The molecule has 1 aromatic rings. The minimum atomic E-state index is -4.95. The molecule has 0 saturated carbocycles. The number of nitrogens with zero attached hydrogens (tertiary/aromatic N) is 1. The first-order valence-corrected chi connectivity index (χ1v) is 7.67. The Morgan fingerprint density at radius 1 is 1.33 bits per heavy atom. The van der Waals surface area contributed by atoms with E-state index in [9.17, 15) is 26.4 Å². The Labute approximate surface area is 122 Å². The van der Waals surface area contributed by atoms with Crippen molar-refractivity contribution in [2.45, 2.75) is 36.9 Å². The van der Waals surface area contributed by atoms with Crippen LogP contribution in [0.4, 0.5) is 23.0 Å². The molecule has 1 amide bonds. The van der Waals surface area contributed by atoms with Gasteiger partial charge in [-0.25, -0.2) is 23.3 Å². The third kappa shape index (κ3) is 5.13. The maximum absolute atomic E-state index is 12.8. The van der Waals surface area contributed by atoms with Crippen molar-refractivity contribution in [2.24, 2.45) is 5.14 Å². The number of nitrogens with two attached hydrogens (primary N) is 1. The molecule has 1 aromatic heterocycles. The smallest absolute Gasteiger partial charge is 0.436 e. The lowest BCUT2D eigenvalue weighted by Crippen LogP contribution is -2.27. The average molecular weight is 347 g/mol. The van der Waals surface area contributed by atoms with Crippen LogP contribution in [0.5, 0.6) is 0 Å². The van der Waals surface area contributed by atoms with E-state index in [2.05, 4.69) is 4.98 Å². The number of carbonyl (C=O) groups excluding carboxylic acids is 1. The summed E-state index contributed by atoms with van der Waals surface area (Å²) in [7, 11) is -4.42. The van der Waals surface area contributed by atoms with Gasteiger partial charge in [0.2, 0.25) is 4.34 Å². The van der Waals surface area contributed by atoms with Crippen LogP contribution in [0, 0.1) is 0 Å². The van der Waals surface area contributed by atoms with Gasteiger partial charge < -0.3 is 4.74 Å². The number of carbonyl (C=O) groups is 1. The molecule has 0 bridgehead atoms. The van der Waals surface area contributed by atoms with Gasteiger partial charge in [-0.2, -0.15) is 13.2 Å². The molecule has 1 heterocycles. The molecule has 0 saturated heterocycles. The van der Waals surface area contributed by atoms with Crippen molar-refractivity contribution in [3.63, 3.8) is 0 Å². The van der Waals surface area contributed by atoms with Gasteiger partial charge in [0.15, 0.2) is 5.69 Å². The second-order valence-electron chi connectivity index (χ2n) is 4.83. The fourth-order valence-electron chi connectivity index (χ4n) is 1.10. The standard InChI is InChI=1S/C9H12F3N3O4S2/c1-8(2,3)19-6(16)15-5-4(9(10,11)12)14-7(20-5)21(13,17)18/h1-3H3,(H,15,16)(H2,13,17,18). The number of thiazole rings is 1. The number of ether oxygens (including phenoxy) is 1. The number of alkyl halides is 3. The van der Waals surface area contributed by atoms with E-state index < -0.39 is 42.9 Å². The summed E-state index contributed by atoms with van der Waals surface area (Å²) < 4.78 is 64.2. The quantitative estimate of drug-likeness (QED) is 0.851. The van der Waals surface area contributed by atoms with E-state index in [1.165, 1.54) is 20.8 Å². The van der Waals surface area contributed by atoms with Crippen molar-refractivity contribution >= 4 is 32.5 Å². The van der Waals surface area contributed by atoms with Gasteiger partial charge in [-0.05, 0) is 20.8 Å².